The molecule has 2 N–H and O–H groups in total. The van der Waals surface area contributed by atoms with E-state index in [0.29, 0.717) is 23.2 Å². The number of nitrogens with zero attached hydrogens (tertiary/aromatic N) is 7. The van der Waals surface area contributed by atoms with Gasteiger partial charge in [-0.05, 0) is 63.1 Å². The van der Waals surface area contributed by atoms with Crippen LogP contribution in [-0.4, -0.2) is 78.3 Å². The van der Waals surface area contributed by atoms with Gasteiger partial charge in [0.1, 0.15) is 11.9 Å². The van der Waals surface area contributed by atoms with E-state index in [2.05, 4.69) is 57.5 Å². The van der Waals surface area contributed by atoms with Gasteiger partial charge in [-0.2, -0.15) is 5.26 Å². The third kappa shape index (κ3) is 4.36. The smallest absolute Gasteiger partial charge is 0.131 e. The Morgan fingerprint density at radius 3 is 2.70 bits per heavy atom. The normalized spacial score (nSPS) is 26.8. The molecule has 0 unspecified atom stereocenters. The van der Waals surface area contributed by atoms with Crippen LogP contribution in [0.4, 0.5) is 17.2 Å². The zero-order chi connectivity index (χ0) is 26.6. The first kappa shape index (κ1) is 22.8. The summed E-state index contributed by atoms with van der Waals surface area (Å²) in [7, 11) is 0. The Balaban J connectivity index is 1.24. The van der Waals surface area contributed by atoms with Gasteiger partial charge < -0.3 is 20.4 Å². The summed E-state index contributed by atoms with van der Waals surface area (Å²) < 4.78 is 7.96. The van der Waals surface area contributed by atoms with Gasteiger partial charge in [0, 0.05) is 80.7 Å². The molecule has 2 aromatic heterocycles. The molecule has 8 nitrogen and oxygen atoms in total. The van der Waals surface area contributed by atoms with E-state index in [1.807, 2.05) is 24.4 Å². The fourth-order valence-corrected chi connectivity index (χ4v) is 6.49. The Morgan fingerprint density at radius 1 is 1.11 bits per heavy atom. The molecule has 3 aliphatic rings. The summed E-state index contributed by atoms with van der Waals surface area (Å²) in [5.74, 6) is 1.07. The van der Waals surface area contributed by atoms with Gasteiger partial charge in [0.15, 0.2) is 0 Å². The van der Waals surface area contributed by atoms with E-state index in [0.717, 1.165) is 74.8 Å². The van der Waals surface area contributed by atoms with E-state index in [-0.39, 0.29) is 11.7 Å². The fraction of sp³-hybridized carbons (Fsp3) is 0.483. The third-order valence-corrected chi connectivity index (χ3v) is 8.37. The Bertz CT molecular complexity index is 1420. The summed E-state index contributed by atoms with van der Waals surface area (Å²) >= 11 is 0. The summed E-state index contributed by atoms with van der Waals surface area (Å²) in [6.45, 7) is 13.2. The van der Waals surface area contributed by atoms with Crippen molar-refractivity contribution in [3.05, 3.63) is 53.8 Å². The van der Waals surface area contributed by atoms with E-state index in [1.54, 1.807) is 6.07 Å². The van der Waals surface area contributed by atoms with Gasteiger partial charge >= 0.3 is 0 Å². The molecule has 3 fully saturated rings. The minimum Gasteiger partial charge on any atom is -0.368 e. The second-order valence-corrected chi connectivity index (χ2v) is 11.3. The summed E-state index contributed by atoms with van der Waals surface area (Å²) in [6, 6.07) is 12.8. The van der Waals surface area contributed by atoms with Gasteiger partial charge in [0.05, 0.1) is 24.3 Å². The molecule has 0 amide bonds. The zero-order valence-corrected chi connectivity index (χ0v) is 22.0. The number of fused-ring (bicyclic) bond motifs is 2. The molecule has 3 aromatic rings. The molecule has 0 bridgehead atoms. The molecular formula is C29H36N8. The summed E-state index contributed by atoms with van der Waals surface area (Å²) in [6.07, 6.45) is 3.20. The first-order valence-electron chi connectivity index (χ1n) is 13.8. The predicted octanol–water partition coefficient (Wildman–Crippen LogP) is 3.14. The quantitative estimate of drug-likeness (QED) is 0.591. The van der Waals surface area contributed by atoms with Crippen LogP contribution in [0.25, 0.3) is 10.9 Å². The van der Waals surface area contributed by atoms with Gasteiger partial charge in [-0.15, -0.1) is 0 Å². The largest absolute Gasteiger partial charge is 0.368 e. The van der Waals surface area contributed by atoms with E-state index in [4.69, 9.17) is 12.1 Å². The fourth-order valence-electron chi connectivity index (χ4n) is 6.49. The molecule has 0 spiro atoms. The number of pyridine rings is 2. The number of piperazine rings is 2. The molecular weight excluding hydrogens is 460 g/mol. The average molecular weight is 498 g/mol. The molecule has 37 heavy (non-hydrogen) atoms. The lowest BCUT2D eigenvalue weighted by Gasteiger charge is -2.51. The van der Waals surface area contributed by atoms with Crippen molar-refractivity contribution in [1.29, 1.82) is 5.26 Å². The highest BCUT2D eigenvalue weighted by Gasteiger charge is 2.37. The molecule has 192 valence electrons. The molecule has 5 heterocycles. The number of hydrogen-bond acceptors (Lipinski definition) is 8. The number of aromatic nitrogens is 2. The van der Waals surface area contributed by atoms with Crippen LogP contribution in [0.15, 0.2) is 42.7 Å². The Hall–Kier alpha value is -3.41. The second-order valence-electron chi connectivity index (χ2n) is 11.3. The minimum absolute atomic E-state index is 0.133. The number of benzene rings is 1. The topological polar surface area (TPSA) is 88.5 Å². The van der Waals surface area contributed by atoms with Crippen molar-refractivity contribution in [1.82, 2.24) is 14.9 Å². The molecule has 3 saturated heterocycles. The van der Waals surface area contributed by atoms with Crippen molar-refractivity contribution in [2.24, 2.45) is 5.73 Å². The van der Waals surface area contributed by atoms with Crippen LogP contribution in [0.1, 0.15) is 32.8 Å². The first-order chi connectivity index (χ1) is 18.2. The first-order valence-corrected chi connectivity index (χ1v) is 13.3. The van der Waals surface area contributed by atoms with Crippen molar-refractivity contribution in [2.45, 2.75) is 44.8 Å². The maximum Gasteiger partial charge on any atom is 0.131 e. The second kappa shape index (κ2) is 9.16. The van der Waals surface area contributed by atoms with Crippen molar-refractivity contribution in [3.63, 3.8) is 0 Å². The van der Waals surface area contributed by atoms with Gasteiger partial charge in [0.25, 0.3) is 0 Å². The van der Waals surface area contributed by atoms with Crippen LogP contribution in [0.2, 0.25) is 0 Å². The summed E-state index contributed by atoms with van der Waals surface area (Å²) in [5, 5.41) is 10.5. The average Bonchev–Trinajstić information content (AvgIpc) is 3.27. The third-order valence-electron chi connectivity index (χ3n) is 8.37. The Kier molecular flexibility index (Phi) is 5.63. The van der Waals surface area contributed by atoms with E-state index in [1.165, 1.54) is 5.56 Å². The van der Waals surface area contributed by atoms with Crippen LogP contribution in [0.3, 0.4) is 0 Å². The van der Waals surface area contributed by atoms with Crippen LogP contribution >= 0.6 is 0 Å². The Labute approximate surface area is 220 Å². The highest BCUT2D eigenvalue weighted by molar-refractivity contribution is 5.95. The number of hydrogen-bond donors (Lipinski definition) is 1. The van der Waals surface area contributed by atoms with Gasteiger partial charge in [0.2, 0.25) is 0 Å². The Morgan fingerprint density at radius 2 is 1.95 bits per heavy atom. The van der Waals surface area contributed by atoms with Crippen molar-refractivity contribution < 1.29 is 1.37 Å². The number of rotatable bonds is 3. The van der Waals surface area contributed by atoms with Gasteiger partial charge in [-0.1, -0.05) is 0 Å². The van der Waals surface area contributed by atoms with E-state index in [9.17, 15) is 5.26 Å². The maximum absolute atomic E-state index is 9.59. The highest BCUT2D eigenvalue weighted by atomic mass is 15.4. The molecule has 0 aliphatic carbocycles. The molecule has 6 rings (SSSR count). The number of nitrogens with two attached hydrogens (primary N) is 1. The van der Waals surface area contributed by atoms with Crippen LogP contribution in [0.5, 0.6) is 0 Å². The molecule has 1 aromatic carbocycles. The van der Waals surface area contributed by atoms with Crippen molar-refractivity contribution >= 4 is 28.1 Å². The summed E-state index contributed by atoms with van der Waals surface area (Å²) in [5.41, 5.74) is 10.8. The monoisotopic (exact) mass is 497 g/mol. The van der Waals surface area contributed by atoms with Crippen molar-refractivity contribution in [3.8, 4) is 6.07 Å². The molecule has 8 heteroatoms. The molecule has 3 atom stereocenters. The SMILES string of the molecule is [2H]c1ccc2c(N3C[C@@H]4CN(c5ncc(N6CC[C@@](C)(N)C6)cc5C)CCN4[C@H](C)C3)ccc(C#N)c2n1. The molecule has 0 saturated carbocycles. The highest BCUT2D eigenvalue weighted by Crippen LogP contribution is 2.33. The maximum atomic E-state index is 9.59. The van der Waals surface area contributed by atoms with E-state index >= 15 is 0 Å². The lowest BCUT2D eigenvalue weighted by Crippen LogP contribution is -2.65. The van der Waals surface area contributed by atoms with Crippen molar-refractivity contribution in [2.75, 3.05) is 60.5 Å². The van der Waals surface area contributed by atoms with Gasteiger partial charge in [-0.25, -0.2) is 4.98 Å². The number of aryl methyl sites for hydroxylation is 1. The number of nitriles is 1. The molecule has 3 aliphatic heterocycles. The number of anilines is 3. The lowest BCUT2D eigenvalue weighted by molar-refractivity contribution is 0.108. The van der Waals surface area contributed by atoms with E-state index < -0.39 is 0 Å². The minimum atomic E-state index is -0.133. The van der Waals surface area contributed by atoms with Crippen LogP contribution < -0.4 is 20.4 Å². The zero-order valence-electron chi connectivity index (χ0n) is 23.0. The van der Waals surface area contributed by atoms with Gasteiger partial charge in [-0.3, -0.25) is 9.88 Å². The lowest BCUT2D eigenvalue weighted by atomic mass is 10.0. The predicted molar refractivity (Wildman–Crippen MR) is 149 cm³/mol. The van der Waals surface area contributed by atoms with Crippen LogP contribution in [0, 0.1) is 18.3 Å². The molecule has 0 radical (unpaired) electrons. The standard InChI is InChI=1S/C29H36N8/c1-20-13-23(35-10-8-29(3,31)19-35)15-33-28(20)34-11-12-37-21(2)16-36(18-24(37)17-34)26-7-6-22(14-30)27-25(26)5-4-9-32-27/h4-7,9,13,15,21,24H,8,10-12,16-19,31H2,1-3H3/t21-,24+,29-/m1/s1/i9D. The summed E-state index contributed by atoms with van der Waals surface area (Å²) in [4.78, 5) is 19.2. The van der Waals surface area contributed by atoms with Crippen LogP contribution in [-0.2, 0) is 0 Å².